The van der Waals surface area contributed by atoms with Crippen molar-refractivity contribution < 1.29 is 18.8 Å². The number of thioether (sulfide) groups is 1. The zero-order valence-electron chi connectivity index (χ0n) is 17.3. The first-order chi connectivity index (χ1) is 13.7. The molecule has 1 unspecified atom stereocenters. The van der Waals surface area contributed by atoms with Gasteiger partial charge in [0.2, 0.25) is 0 Å². The summed E-state index contributed by atoms with van der Waals surface area (Å²) in [6, 6.07) is 4.29. The zero-order valence-corrected chi connectivity index (χ0v) is 18.1. The number of amides is 2. The molecule has 158 valence electrons. The molecule has 0 radical (unpaired) electrons. The number of rotatable bonds is 9. The largest absolute Gasteiger partial charge is 0.350 e. The van der Waals surface area contributed by atoms with E-state index in [1.807, 2.05) is 13.8 Å². The van der Waals surface area contributed by atoms with Gasteiger partial charge in [0.15, 0.2) is 6.04 Å². The number of nitrogens with one attached hydrogen (secondary N) is 1. The Morgan fingerprint density at radius 1 is 1.24 bits per heavy atom. The van der Waals surface area contributed by atoms with Gasteiger partial charge in [0.05, 0.1) is 0 Å². The summed E-state index contributed by atoms with van der Waals surface area (Å²) >= 11 is 1.78. The van der Waals surface area contributed by atoms with E-state index in [0.717, 1.165) is 25.0 Å². The fraction of sp³-hybridized carbons (Fsp3) is 0.524. The number of ketones is 1. The molecule has 1 aliphatic heterocycles. The molecule has 1 aromatic carbocycles. The Bertz CT molecular complexity index is 793. The maximum Gasteiger partial charge on any atom is 0.297 e. The summed E-state index contributed by atoms with van der Waals surface area (Å²) in [5.74, 6) is -1.06. The highest BCUT2D eigenvalue weighted by molar-refractivity contribution is 7.98. The molecular weight excluding hydrogens is 393 g/mol. The number of hydrogen-bond acceptors (Lipinski definition) is 5. The third kappa shape index (κ3) is 5.88. The quantitative estimate of drug-likeness (QED) is 0.378. The van der Waals surface area contributed by atoms with Crippen LogP contribution in [0.4, 0.5) is 4.39 Å². The number of nitrogens with zero attached hydrogens (tertiary/aromatic N) is 2. The number of hydrogen-bond donors (Lipinski definition) is 1. The molecule has 2 amide bonds. The van der Waals surface area contributed by atoms with Crippen molar-refractivity contribution in [2.24, 2.45) is 10.4 Å². The van der Waals surface area contributed by atoms with Crippen LogP contribution in [0.2, 0.25) is 0 Å². The minimum Gasteiger partial charge on any atom is -0.350 e. The van der Waals surface area contributed by atoms with Crippen LogP contribution in [-0.2, 0) is 20.9 Å². The van der Waals surface area contributed by atoms with E-state index in [9.17, 15) is 18.8 Å². The maximum absolute atomic E-state index is 13.0. The molecule has 1 aromatic rings. The van der Waals surface area contributed by atoms with Crippen molar-refractivity contribution in [1.29, 1.82) is 0 Å². The summed E-state index contributed by atoms with van der Waals surface area (Å²) in [4.78, 5) is 43.1. The molecule has 1 aliphatic rings. The topological polar surface area (TPSA) is 78.8 Å². The van der Waals surface area contributed by atoms with Crippen molar-refractivity contribution in [3.63, 3.8) is 0 Å². The molecule has 6 nitrogen and oxygen atoms in total. The molecule has 0 aromatic heterocycles. The van der Waals surface area contributed by atoms with E-state index in [0.29, 0.717) is 11.4 Å². The van der Waals surface area contributed by atoms with Crippen LogP contribution in [0, 0.1) is 11.2 Å². The number of halogens is 1. The Kier molecular flexibility index (Phi) is 7.96. The van der Waals surface area contributed by atoms with Gasteiger partial charge in [-0.25, -0.2) is 9.38 Å². The number of amidine groups is 1. The number of unbranched alkanes of at least 4 members (excludes halogenated alkanes) is 1. The lowest BCUT2D eigenvalue weighted by Crippen LogP contribution is -2.55. The standard InChI is InChI=1S/C21H28FN3O3S/c1-21(2,11-5-6-12-29-4)20-24-16(17(26)19(28)25(20)3)18(27)23-13-14-7-9-15(22)10-8-14/h7-10,16H,5-6,11-13H2,1-4H3,(H,23,27). The Morgan fingerprint density at radius 3 is 2.52 bits per heavy atom. The van der Waals surface area contributed by atoms with Crippen molar-refractivity contribution in [2.45, 2.75) is 45.7 Å². The van der Waals surface area contributed by atoms with Gasteiger partial charge in [-0.05, 0) is 42.5 Å². The van der Waals surface area contributed by atoms with Gasteiger partial charge in [-0.1, -0.05) is 32.4 Å². The SMILES string of the molecule is CSCCCCC(C)(C)C1=NC(C(=O)NCc2ccc(F)cc2)C(=O)C(=O)N1C. The second-order valence-electron chi connectivity index (χ2n) is 7.76. The predicted octanol–water partition coefficient (Wildman–Crippen LogP) is 2.81. The minimum atomic E-state index is -1.39. The summed E-state index contributed by atoms with van der Waals surface area (Å²) in [5.41, 5.74) is 0.240. The highest BCUT2D eigenvalue weighted by Crippen LogP contribution is 2.29. The van der Waals surface area contributed by atoms with Crippen molar-refractivity contribution in [3.05, 3.63) is 35.6 Å². The van der Waals surface area contributed by atoms with Crippen molar-refractivity contribution >= 4 is 35.2 Å². The molecule has 0 spiro atoms. The highest BCUT2D eigenvalue weighted by Gasteiger charge is 2.43. The first-order valence-electron chi connectivity index (χ1n) is 9.58. The van der Waals surface area contributed by atoms with Gasteiger partial charge < -0.3 is 5.32 Å². The lowest BCUT2D eigenvalue weighted by atomic mass is 9.84. The smallest absolute Gasteiger partial charge is 0.297 e. The second kappa shape index (κ2) is 10.0. The van der Waals surface area contributed by atoms with Gasteiger partial charge in [-0.2, -0.15) is 11.8 Å². The van der Waals surface area contributed by atoms with E-state index in [1.54, 1.807) is 23.9 Å². The molecule has 29 heavy (non-hydrogen) atoms. The Hall–Kier alpha value is -2.22. The van der Waals surface area contributed by atoms with E-state index in [2.05, 4.69) is 16.6 Å². The lowest BCUT2D eigenvalue weighted by molar-refractivity contribution is -0.145. The van der Waals surface area contributed by atoms with Crippen LogP contribution in [0.15, 0.2) is 29.3 Å². The van der Waals surface area contributed by atoms with E-state index in [1.165, 1.54) is 24.1 Å². The van der Waals surface area contributed by atoms with E-state index >= 15 is 0 Å². The molecule has 0 saturated heterocycles. The highest BCUT2D eigenvalue weighted by atomic mass is 32.2. The molecule has 8 heteroatoms. The Balaban J connectivity index is 2.14. The van der Waals surface area contributed by atoms with Crippen LogP contribution in [-0.4, -0.2) is 53.4 Å². The van der Waals surface area contributed by atoms with E-state index < -0.39 is 29.1 Å². The summed E-state index contributed by atoms with van der Waals surface area (Å²) in [6.07, 6.45) is 4.87. The van der Waals surface area contributed by atoms with E-state index in [-0.39, 0.29) is 12.4 Å². The van der Waals surface area contributed by atoms with Crippen molar-refractivity contribution in [1.82, 2.24) is 10.2 Å². The van der Waals surface area contributed by atoms with E-state index in [4.69, 9.17) is 0 Å². The van der Waals surface area contributed by atoms with Gasteiger partial charge in [-0.3, -0.25) is 19.3 Å². The first kappa shape index (κ1) is 23.1. The van der Waals surface area contributed by atoms with Gasteiger partial charge >= 0.3 is 0 Å². The molecule has 2 rings (SSSR count). The van der Waals surface area contributed by atoms with Gasteiger partial charge in [0.25, 0.3) is 17.6 Å². The third-order valence-corrected chi connectivity index (χ3v) is 5.66. The zero-order chi connectivity index (χ0) is 21.6. The monoisotopic (exact) mass is 421 g/mol. The maximum atomic E-state index is 13.0. The predicted molar refractivity (Wildman–Crippen MR) is 113 cm³/mol. The third-order valence-electron chi connectivity index (χ3n) is 4.97. The molecule has 1 heterocycles. The summed E-state index contributed by atoms with van der Waals surface area (Å²) in [5, 5.41) is 2.62. The Labute approximate surface area is 175 Å². The first-order valence-corrected chi connectivity index (χ1v) is 11.0. The molecule has 0 fully saturated rings. The molecular formula is C21H28FN3O3S. The fourth-order valence-electron chi connectivity index (χ4n) is 3.27. The van der Waals surface area contributed by atoms with Crippen LogP contribution >= 0.6 is 11.8 Å². The molecule has 0 saturated carbocycles. The average molecular weight is 422 g/mol. The second-order valence-corrected chi connectivity index (χ2v) is 8.75. The average Bonchev–Trinajstić information content (AvgIpc) is 2.69. The van der Waals surface area contributed by atoms with Crippen LogP contribution in [0.1, 0.15) is 38.7 Å². The molecule has 1 N–H and O–H groups in total. The molecule has 1 atom stereocenters. The van der Waals surface area contributed by atoms with Gasteiger partial charge in [0, 0.05) is 19.0 Å². The number of Topliss-reactive ketones (excluding diaryl/α,β-unsaturated/α-hetero) is 1. The van der Waals surface area contributed by atoms with Crippen molar-refractivity contribution in [3.8, 4) is 0 Å². The summed E-state index contributed by atoms with van der Waals surface area (Å²) in [6.45, 7) is 4.06. The summed E-state index contributed by atoms with van der Waals surface area (Å²) < 4.78 is 13.0. The van der Waals surface area contributed by atoms with Crippen LogP contribution in [0.3, 0.4) is 0 Å². The minimum absolute atomic E-state index is 0.121. The number of likely N-dealkylation sites (N-methyl/N-ethyl adjacent to an activating group) is 1. The molecule has 0 aliphatic carbocycles. The summed E-state index contributed by atoms with van der Waals surface area (Å²) in [7, 11) is 1.52. The van der Waals surface area contributed by atoms with Gasteiger partial charge in [-0.15, -0.1) is 0 Å². The number of aliphatic imine (C=N–C) groups is 1. The number of carbonyl (C=O) groups excluding carboxylic acids is 3. The van der Waals surface area contributed by atoms with Crippen molar-refractivity contribution in [2.75, 3.05) is 19.1 Å². The normalized spacial score (nSPS) is 17.3. The Morgan fingerprint density at radius 2 is 1.90 bits per heavy atom. The number of carbonyl (C=O) groups is 3. The van der Waals surface area contributed by atoms with Crippen LogP contribution < -0.4 is 5.32 Å². The molecule has 0 bridgehead atoms. The van der Waals surface area contributed by atoms with Gasteiger partial charge in [0.1, 0.15) is 11.7 Å². The van der Waals surface area contributed by atoms with Crippen LogP contribution in [0.25, 0.3) is 0 Å². The lowest BCUT2D eigenvalue weighted by Gasteiger charge is -2.36. The number of benzene rings is 1. The van der Waals surface area contributed by atoms with Crippen LogP contribution in [0.5, 0.6) is 0 Å². The fourth-order valence-corrected chi connectivity index (χ4v) is 3.76.